The molecule has 116 valence electrons. The van der Waals surface area contributed by atoms with Gasteiger partial charge in [-0.15, -0.1) is 0 Å². The van der Waals surface area contributed by atoms with E-state index in [1.54, 1.807) is 0 Å². The van der Waals surface area contributed by atoms with Crippen LogP contribution in [-0.2, 0) is 5.41 Å². The van der Waals surface area contributed by atoms with Gasteiger partial charge in [0.05, 0.1) is 12.5 Å². The molecule has 1 aromatic carbocycles. The zero-order valence-corrected chi connectivity index (χ0v) is 14.4. The smallest absolute Gasteiger partial charge is 0.119 e. The molecule has 1 atom stereocenters. The largest absolute Gasteiger partial charge is 0.489 e. The maximum Gasteiger partial charge on any atom is 0.119 e. The molecule has 1 aromatic rings. The summed E-state index contributed by atoms with van der Waals surface area (Å²) in [6.45, 7) is 13.5. The van der Waals surface area contributed by atoms with Crippen molar-refractivity contribution < 1.29 is 4.74 Å². The predicted molar refractivity (Wildman–Crippen MR) is 88.5 cm³/mol. The number of nitrogens with zero attached hydrogens (tertiary/aromatic N) is 1. The number of ether oxygens (including phenoxy) is 1. The Bertz CT molecular complexity index is 474. The number of benzene rings is 1. The second-order valence-electron chi connectivity index (χ2n) is 7.66. The number of rotatable bonds is 6. The van der Waals surface area contributed by atoms with E-state index in [1.165, 1.54) is 5.56 Å². The van der Waals surface area contributed by atoms with Crippen LogP contribution in [0.2, 0.25) is 0 Å². The molecule has 1 unspecified atom stereocenters. The fraction of sp³-hybridized carbons (Fsp3) is 0.632. The van der Waals surface area contributed by atoms with Crippen molar-refractivity contribution in [2.75, 3.05) is 0 Å². The minimum absolute atomic E-state index is 0.0107. The van der Waals surface area contributed by atoms with Gasteiger partial charge in [-0.2, -0.15) is 5.26 Å². The minimum Gasteiger partial charge on any atom is -0.489 e. The monoisotopic (exact) mass is 287 g/mol. The normalized spacial score (nSPS) is 13.6. The van der Waals surface area contributed by atoms with Gasteiger partial charge in [0.25, 0.3) is 0 Å². The molecule has 0 bridgehead atoms. The average molecular weight is 287 g/mol. The van der Waals surface area contributed by atoms with Gasteiger partial charge < -0.3 is 4.74 Å². The van der Waals surface area contributed by atoms with Gasteiger partial charge in [-0.25, -0.2) is 0 Å². The van der Waals surface area contributed by atoms with Crippen LogP contribution in [0.25, 0.3) is 0 Å². The van der Waals surface area contributed by atoms with E-state index in [9.17, 15) is 0 Å². The van der Waals surface area contributed by atoms with Crippen molar-refractivity contribution >= 4 is 0 Å². The quantitative estimate of drug-likeness (QED) is 0.695. The van der Waals surface area contributed by atoms with Crippen LogP contribution in [0.1, 0.15) is 66.4 Å². The Balaban J connectivity index is 2.80. The summed E-state index contributed by atoms with van der Waals surface area (Å²) in [5, 5.41) is 8.77. The van der Waals surface area contributed by atoms with Crippen LogP contribution in [0.4, 0.5) is 0 Å². The third-order valence-electron chi connectivity index (χ3n) is 3.69. The van der Waals surface area contributed by atoms with Crippen LogP contribution in [0, 0.1) is 16.7 Å². The van der Waals surface area contributed by atoms with E-state index in [-0.39, 0.29) is 11.5 Å². The minimum atomic E-state index is -0.0107. The summed E-state index contributed by atoms with van der Waals surface area (Å²) >= 11 is 0. The third-order valence-corrected chi connectivity index (χ3v) is 3.69. The third kappa shape index (κ3) is 5.79. The Morgan fingerprint density at radius 3 is 2.10 bits per heavy atom. The molecule has 0 heterocycles. The average Bonchev–Trinajstić information content (AvgIpc) is 2.36. The first-order chi connectivity index (χ1) is 9.68. The van der Waals surface area contributed by atoms with Crippen molar-refractivity contribution in [1.82, 2.24) is 0 Å². The second-order valence-corrected chi connectivity index (χ2v) is 7.66. The van der Waals surface area contributed by atoms with Crippen molar-refractivity contribution in [3.63, 3.8) is 0 Å². The van der Waals surface area contributed by atoms with Crippen molar-refractivity contribution in [3.05, 3.63) is 29.8 Å². The molecule has 0 aromatic heterocycles. The Labute approximate surface area is 130 Å². The molecular weight excluding hydrogens is 258 g/mol. The van der Waals surface area contributed by atoms with Crippen molar-refractivity contribution in [3.8, 4) is 11.8 Å². The van der Waals surface area contributed by atoms with Gasteiger partial charge in [0, 0.05) is 0 Å². The van der Waals surface area contributed by atoms with Crippen LogP contribution < -0.4 is 4.74 Å². The summed E-state index contributed by atoms with van der Waals surface area (Å²) in [7, 11) is 0. The van der Waals surface area contributed by atoms with Gasteiger partial charge in [-0.3, -0.25) is 0 Å². The molecule has 0 spiro atoms. The zero-order valence-electron chi connectivity index (χ0n) is 14.4. The van der Waals surface area contributed by atoms with Gasteiger partial charge in [0.1, 0.15) is 11.9 Å². The lowest BCUT2D eigenvalue weighted by atomic mass is 9.72. The van der Waals surface area contributed by atoms with Crippen molar-refractivity contribution in [2.45, 2.75) is 72.3 Å². The Kier molecular flexibility index (Phi) is 5.84. The number of hydrogen-bond donors (Lipinski definition) is 0. The van der Waals surface area contributed by atoms with Crippen molar-refractivity contribution in [1.29, 1.82) is 5.26 Å². The van der Waals surface area contributed by atoms with Gasteiger partial charge in [-0.1, -0.05) is 53.7 Å². The highest BCUT2D eigenvalue weighted by molar-refractivity contribution is 5.32. The molecule has 2 heteroatoms. The van der Waals surface area contributed by atoms with E-state index in [0.717, 1.165) is 18.6 Å². The van der Waals surface area contributed by atoms with E-state index in [4.69, 9.17) is 10.00 Å². The van der Waals surface area contributed by atoms with E-state index < -0.39 is 0 Å². The molecule has 0 N–H and O–H groups in total. The maximum atomic E-state index is 8.77. The highest BCUT2D eigenvalue weighted by atomic mass is 16.5. The van der Waals surface area contributed by atoms with Gasteiger partial charge in [-0.05, 0) is 41.4 Å². The molecule has 2 nitrogen and oxygen atoms in total. The summed E-state index contributed by atoms with van der Waals surface area (Å²) in [6, 6.07) is 10.5. The lowest BCUT2D eigenvalue weighted by Gasteiger charge is -2.33. The fourth-order valence-electron chi connectivity index (χ4n) is 2.98. The van der Waals surface area contributed by atoms with Crippen LogP contribution >= 0.6 is 0 Å². The van der Waals surface area contributed by atoms with E-state index in [2.05, 4.69) is 52.8 Å². The zero-order chi connectivity index (χ0) is 16.1. The van der Waals surface area contributed by atoms with Crippen molar-refractivity contribution in [2.24, 2.45) is 5.41 Å². The lowest BCUT2D eigenvalue weighted by molar-refractivity contribution is 0.202. The number of nitriles is 1. The molecule has 21 heavy (non-hydrogen) atoms. The highest BCUT2D eigenvalue weighted by Crippen LogP contribution is 2.36. The summed E-state index contributed by atoms with van der Waals surface area (Å²) < 4.78 is 5.85. The summed E-state index contributed by atoms with van der Waals surface area (Å²) in [5.41, 5.74) is 1.78. The molecule has 0 aliphatic carbocycles. The Morgan fingerprint density at radius 1 is 1.10 bits per heavy atom. The molecule has 0 saturated heterocycles. The van der Waals surface area contributed by atoms with Gasteiger partial charge in [0.2, 0.25) is 0 Å². The first-order valence-electron chi connectivity index (χ1n) is 7.82. The van der Waals surface area contributed by atoms with Crippen LogP contribution in [0.3, 0.4) is 0 Å². The number of hydrogen-bond acceptors (Lipinski definition) is 2. The SMILES string of the molecule is CCC(CC#N)Oc1ccc(C(C)(C)CC(C)(C)C)cc1. The van der Waals surface area contributed by atoms with Crippen LogP contribution in [-0.4, -0.2) is 6.10 Å². The molecule has 0 fully saturated rings. The fourth-order valence-corrected chi connectivity index (χ4v) is 2.98. The van der Waals surface area contributed by atoms with Crippen LogP contribution in [0.5, 0.6) is 5.75 Å². The summed E-state index contributed by atoms with van der Waals surface area (Å²) in [4.78, 5) is 0. The Hall–Kier alpha value is -1.49. The first kappa shape index (κ1) is 17.6. The van der Waals surface area contributed by atoms with E-state index >= 15 is 0 Å². The first-order valence-corrected chi connectivity index (χ1v) is 7.82. The topological polar surface area (TPSA) is 33.0 Å². The molecule has 0 amide bonds. The molecule has 0 aliphatic heterocycles. The van der Waals surface area contributed by atoms with Gasteiger partial charge >= 0.3 is 0 Å². The molecule has 0 saturated carbocycles. The van der Waals surface area contributed by atoms with E-state index in [1.807, 2.05) is 19.1 Å². The van der Waals surface area contributed by atoms with Crippen LogP contribution in [0.15, 0.2) is 24.3 Å². The molecule has 0 aliphatic rings. The highest BCUT2D eigenvalue weighted by Gasteiger charge is 2.27. The maximum absolute atomic E-state index is 8.77. The standard InChI is InChI=1S/C19H29NO/c1-7-16(12-13-20)21-17-10-8-15(9-11-17)19(5,6)14-18(2,3)4/h8-11,16H,7,12,14H2,1-6H3. The Morgan fingerprint density at radius 2 is 1.67 bits per heavy atom. The molecular formula is C19H29NO. The summed E-state index contributed by atoms with van der Waals surface area (Å²) in [5.74, 6) is 0.854. The summed E-state index contributed by atoms with van der Waals surface area (Å²) in [6.07, 6.45) is 2.41. The molecule has 1 rings (SSSR count). The van der Waals surface area contributed by atoms with Gasteiger partial charge in [0.15, 0.2) is 0 Å². The molecule has 0 radical (unpaired) electrons. The predicted octanol–water partition coefficient (Wildman–Crippen LogP) is 5.47. The van der Waals surface area contributed by atoms with E-state index in [0.29, 0.717) is 11.8 Å². The second kappa shape index (κ2) is 6.98. The lowest BCUT2D eigenvalue weighted by Crippen LogP contribution is -2.24.